The van der Waals surface area contributed by atoms with Crippen LogP contribution in [0.1, 0.15) is 46.5 Å². The van der Waals surface area contributed by atoms with Gasteiger partial charge in [-0.3, -0.25) is 0 Å². The molecule has 78 valence electrons. The lowest BCUT2D eigenvalue weighted by Gasteiger charge is -2.20. The highest BCUT2D eigenvalue weighted by Crippen LogP contribution is 2.25. The van der Waals surface area contributed by atoms with Gasteiger partial charge >= 0.3 is 0 Å². The van der Waals surface area contributed by atoms with Crippen LogP contribution in [-0.4, -0.2) is 23.3 Å². The Morgan fingerprint density at radius 3 is 2.54 bits per heavy atom. The second-order valence-corrected chi connectivity index (χ2v) is 4.77. The van der Waals surface area contributed by atoms with E-state index in [1.807, 2.05) is 6.92 Å². The molecule has 1 rings (SSSR count). The zero-order valence-electron chi connectivity index (χ0n) is 9.09. The molecule has 4 atom stereocenters. The fourth-order valence-electron chi connectivity index (χ4n) is 2.34. The van der Waals surface area contributed by atoms with Gasteiger partial charge in [-0.1, -0.05) is 6.92 Å². The minimum atomic E-state index is -0.179. The molecule has 0 radical (unpaired) electrons. The largest absolute Gasteiger partial charge is 0.393 e. The Labute approximate surface area is 81.7 Å². The predicted octanol–water partition coefficient (Wildman–Crippen LogP) is 1.92. The molecule has 0 aromatic rings. The van der Waals surface area contributed by atoms with Crippen LogP contribution in [0.4, 0.5) is 0 Å². The van der Waals surface area contributed by atoms with Crippen LogP contribution in [0, 0.1) is 5.92 Å². The molecular weight excluding hydrogens is 162 g/mol. The van der Waals surface area contributed by atoms with Crippen molar-refractivity contribution in [2.24, 2.45) is 5.92 Å². The Kier molecular flexibility index (Phi) is 4.20. The fourth-order valence-corrected chi connectivity index (χ4v) is 2.34. The molecule has 0 amide bonds. The van der Waals surface area contributed by atoms with Gasteiger partial charge in [0.25, 0.3) is 0 Å². The first-order valence-corrected chi connectivity index (χ1v) is 5.52. The first-order chi connectivity index (χ1) is 6.08. The van der Waals surface area contributed by atoms with Crippen LogP contribution in [0.3, 0.4) is 0 Å². The number of hydrogen-bond acceptors (Lipinski definition) is 2. The van der Waals surface area contributed by atoms with Gasteiger partial charge in [0, 0.05) is 12.1 Å². The van der Waals surface area contributed by atoms with E-state index in [0.29, 0.717) is 12.1 Å². The molecule has 1 aliphatic carbocycles. The molecular formula is C11H23NO. The van der Waals surface area contributed by atoms with E-state index >= 15 is 0 Å². The molecule has 0 bridgehead atoms. The second-order valence-electron chi connectivity index (χ2n) is 4.77. The summed E-state index contributed by atoms with van der Waals surface area (Å²) < 4.78 is 0. The van der Waals surface area contributed by atoms with Crippen LogP contribution < -0.4 is 5.32 Å². The topological polar surface area (TPSA) is 32.3 Å². The quantitative estimate of drug-likeness (QED) is 0.701. The van der Waals surface area contributed by atoms with Crippen LogP contribution >= 0.6 is 0 Å². The lowest BCUT2D eigenvalue weighted by Crippen LogP contribution is -2.36. The van der Waals surface area contributed by atoms with Crippen molar-refractivity contribution in [1.29, 1.82) is 0 Å². The van der Waals surface area contributed by atoms with Crippen LogP contribution in [0.5, 0.6) is 0 Å². The summed E-state index contributed by atoms with van der Waals surface area (Å²) in [5, 5.41) is 12.8. The van der Waals surface area contributed by atoms with Gasteiger partial charge in [0.1, 0.15) is 0 Å². The third-order valence-electron chi connectivity index (χ3n) is 2.91. The Morgan fingerprint density at radius 2 is 2.08 bits per heavy atom. The Morgan fingerprint density at radius 1 is 1.38 bits per heavy atom. The minimum Gasteiger partial charge on any atom is -0.393 e. The highest BCUT2D eigenvalue weighted by molar-refractivity contribution is 4.80. The summed E-state index contributed by atoms with van der Waals surface area (Å²) in [5.41, 5.74) is 0. The first kappa shape index (κ1) is 11.0. The van der Waals surface area contributed by atoms with Crippen LogP contribution in [0.15, 0.2) is 0 Å². The van der Waals surface area contributed by atoms with Crippen molar-refractivity contribution in [2.75, 3.05) is 0 Å². The number of aliphatic hydroxyl groups excluding tert-OH is 1. The third kappa shape index (κ3) is 4.10. The van der Waals surface area contributed by atoms with E-state index in [9.17, 15) is 5.11 Å². The molecule has 0 saturated heterocycles. The molecule has 13 heavy (non-hydrogen) atoms. The summed E-state index contributed by atoms with van der Waals surface area (Å²) in [5.74, 6) is 0.885. The van der Waals surface area contributed by atoms with Crippen molar-refractivity contribution in [3.63, 3.8) is 0 Å². The van der Waals surface area contributed by atoms with E-state index in [0.717, 1.165) is 12.3 Å². The first-order valence-electron chi connectivity index (χ1n) is 5.52. The van der Waals surface area contributed by atoms with Gasteiger partial charge in [-0.05, 0) is 45.4 Å². The van der Waals surface area contributed by atoms with Crippen molar-refractivity contribution in [2.45, 2.75) is 64.6 Å². The van der Waals surface area contributed by atoms with Gasteiger partial charge < -0.3 is 10.4 Å². The molecule has 1 saturated carbocycles. The van der Waals surface area contributed by atoms with Gasteiger partial charge in [-0.15, -0.1) is 0 Å². The van der Waals surface area contributed by atoms with Gasteiger partial charge in [0.2, 0.25) is 0 Å². The fraction of sp³-hybridized carbons (Fsp3) is 1.00. The van der Waals surface area contributed by atoms with Crippen molar-refractivity contribution >= 4 is 0 Å². The normalized spacial score (nSPS) is 33.2. The minimum absolute atomic E-state index is 0.179. The van der Waals surface area contributed by atoms with E-state index in [2.05, 4.69) is 19.2 Å². The summed E-state index contributed by atoms with van der Waals surface area (Å²) in [6, 6.07) is 1.15. The van der Waals surface area contributed by atoms with Crippen molar-refractivity contribution in [3.05, 3.63) is 0 Å². The summed E-state index contributed by atoms with van der Waals surface area (Å²) >= 11 is 0. The van der Waals surface area contributed by atoms with Crippen molar-refractivity contribution < 1.29 is 5.11 Å². The Bertz CT molecular complexity index is 147. The number of rotatable bonds is 4. The van der Waals surface area contributed by atoms with Crippen LogP contribution in [-0.2, 0) is 0 Å². The molecule has 0 aromatic heterocycles. The SMILES string of the molecule is CC(O)CC(C)NC1CCC(C)C1. The van der Waals surface area contributed by atoms with E-state index < -0.39 is 0 Å². The summed E-state index contributed by atoms with van der Waals surface area (Å²) in [4.78, 5) is 0. The lowest BCUT2D eigenvalue weighted by molar-refractivity contribution is 0.168. The maximum absolute atomic E-state index is 9.21. The molecule has 4 unspecified atom stereocenters. The highest BCUT2D eigenvalue weighted by Gasteiger charge is 2.22. The van der Waals surface area contributed by atoms with E-state index in [4.69, 9.17) is 0 Å². The van der Waals surface area contributed by atoms with Crippen molar-refractivity contribution in [1.82, 2.24) is 5.32 Å². The molecule has 0 heterocycles. The molecule has 1 fully saturated rings. The van der Waals surface area contributed by atoms with Gasteiger partial charge in [-0.2, -0.15) is 0 Å². The molecule has 2 N–H and O–H groups in total. The zero-order valence-corrected chi connectivity index (χ0v) is 9.09. The molecule has 0 spiro atoms. The molecule has 0 aliphatic heterocycles. The lowest BCUT2D eigenvalue weighted by atomic mass is 10.1. The van der Waals surface area contributed by atoms with E-state index in [-0.39, 0.29) is 6.10 Å². The summed E-state index contributed by atoms with van der Waals surface area (Å²) in [6.07, 6.45) is 4.67. The summed E-state index contributed by atoms with van der Waals surface area (Å²) in [7, 11) is 0. The Hall–Kier alpha value is -0.0800. The monoisotopic (exact) mass is 185 g/mol. The molecule has 1 aliphatic rings. The van der Waals surface area contributed by atoms with E-state index in [1.54, 1.807) is 0 Å². The average Bonchev–Trinajstić information content (AvgIpc) is 2.33. The maximum Gasteiger partial charge on any atom is 0.0526 e. The van der Waals surface area contributed by atoms with Crippen molar-refractivity contribution in [3.8, 4) is 0 Å². The number of hydrogen-bond donors (Lipinski definition) is 2. The smallest absolute Gasteiger partial charge is 0.0526 e. The van der Waals surface area contributed by atoms with Crippen LogP contribution in [0.25, 0.3) is 0 Å². The number of aliphatic hydroxyl groups is 1. The molecule has 2 heteroatoms. The standard InChI is InChI=1S/C11H23NO/c1-8-4-5-11(6-8)12-9(2)7-10(3)13/h8-13H,4-7H2,1-3H3. The predicted molar refractivity (Wildman–Crippen MR) is 55.7 cm³/mol. The second kappa shape index (κ2) is 4.97. The summed E-state index contributed by atoms with van der Waals surface area (Å²) in [6.45, 7) is 6.34. The third-order valence-corrected chi connectivity index (χ3v) is 2.91. The van der Waals surface area contributed by atoms with Gasteiger partial charge in [0.15, 0.2) is 0 Å². The zero-order chi connectivity index (χ0) is 9.84. The molecule has 0 aromatic carbocycles. The molecule has 2 nitrogen and oxygen atoms in total. The van der Waals surface area contributed by atoms with Gasteiger partial charge in [-0.25, -0.2) is 0 Å². The van der Waals surface area contributed by atoms with Gasteiger partial charge in [0.05, 0.1) is 6.10 Å². The average molecular weight is 185 g/mol. The maximum atomic E-state index is 9.21. The number of nitrogens with one attached hydrogen (secondary N) is 1. The van der Waals surface area contributed by atoms with E-state index in [1.165, 1.54) is 19.3 Å². The highest BCUT2D eigenvalue weighted by atomic mass is 16.3. The van der Waals surface area contributed by atoms with Crippen LogP contribution in [0.2, 0.25) is 0 Å². The Balaban J connectivity index is 2.16.